The molecule has 0 radical (unpaired) electrons. The number of hydrogen-bond donors (Lipinski definition) is 2. The largest absolute Gasteiger partial charge is 0.493 e. The molecule has 2 heterocycles. The van der Waals surface area contributed by atoms with Crippen LogP contribution in [0.2, 0.25) is 0 Å². The smallest absolute Gasteiger partial charge is 0.251 e. The van der Waals surface area contributed by atoms with Gasteiger partial charge in [0.25, 0.3) is 5.91 Å². The fourth-order valence-electron chi connectivity index (χ4n) is 4.98. The Balaban J connectivity index is 1.53. The lowest BCUT2D eigenvalue weighted by molar-refractivity contribution is 0.0921. The molecule has 3 N–H and O–H groups in total. The van der Waals surface area contributed by atoms with E-state index in [1.165, 1.54) is 39.5 Å². The van der Waals surface area contributed by atoms with Crippen molar-refractivity contribution >= 4 is 17.0 Å². The molecule has 0 saturated heterocycles. The van der Waals surface area contributed by atoms with Crippen LogP contribution < -0.4 is 25.3 Å². The molecule has 8 nitrogen and oxygen atoms in total. The minimum absolute atomic E-state index is 0.0795. The number of nitrogens with zero attached hydrogens (tertiary/aromatic N) is 1. The highest BCUT2D eigenvalue weighted by Gasteiger charge is 2.25. The minimum Gasteiger partial charge on any atom is -0.493 e. The van der Waals surface area contributed by atoms with Crippen LogP contribution >= 0.6 is 0 Å². The van der Waals surface area contributed by atoms with Crippen LogP contribution in [0.5, 0.6) is 17.2 Å². The number of carbonyl (C=O) groups excluding carboxylic acids is 1. The molecule has 38 heavy (non-hydrogen) atoms. The van der Waals surface area contributed by atoms with Gasteiger partial charge in [0.15, 0.2) is 17.1 Å². The zero-order chi connectivity index (χ0) is 26.8. The Kier molecular flexibility index (Phi) is 7.20. The summed E-state index contributed by atoms with van der Waals surface area (Å²) in [5.41, 5.74) is 8.86. The molecule has 4 aromatic rings. The van der Waals surface area contributed by atoms with Gasteiger partial charge in [0.05, 0.1) is 21.3 Å². The second kappa shape index (κ2) is 10.7. The first kappa shape index (κ1) is 25.5. The number of nitrogens with two attached hydrogens (primary N) is 1. The lowest BCUT2D eigenvalue weighted by atomic mass is 9.91. The number of methoxy groups -OCH3 is 3. The summed E-state index contributed by atoms with van der Waals surface area (Å²) in [6.45, 7) is 0. The molecule has 198 valence electrons. The van der Waals surface area contributed by atoms with E-state index < -0.39 is 5.82 Å². The quantitative estimate of drug-likeness (QED) is 0.340. The van der Waals surface area contributed by atoms with Gasteiger partial charge in [-0.15, -0.1) is 0 Å². The summed E-state index contributed by atoms with van der Waals surface area (Å²) in [6.07, 6.45) is 5.38. The average Bonchev–Trinajstić information content (AvgIpc) is 3.38. The molecule has 1 fully saturated rings. The van der Waals surface area contributed by atoms with Gasteiger partial charge < -0.3 is 29.7 Å². The fraction of sp³-hybridized carbons (Fsp3) is 0.310. The van der Waals surface area contributed by atoms with Gasteiger partial charge in [0, 0.05) is 46.6 Å². The lowest BCUT2D eigenvalue weighted by Crippen LogP contribution is -2.49. The molecule has 0 aliphatic heterocycles. The average molecular weight is 520 g/mol. The number of aromatic nitrogens is 1. The van der Waals surface area contributed by atoms with Gasteiger partial charge >= 0.3 is 0 Å². The number of halogens is 1. The summed E-state index contributed by atoms with van der Waals surface area (Å²) in [7, 11) is 4.60. The normalized spacial score (nSPS) is 17.3. The second-order valence-corrected chi connectivity index (χ2v) is 9.32. The molecular weight excluding hydrogens is 489 g/mol. The number of furan rings is 1. The monoisotopic (exact) mass is 519 g/mol. The molecule has 1 aliphatic rings. The molecule has 2 aromatic heterocycles. The molecule has 0 bridgehead atoms. The van der Waals surface area contributed by atoms with E-state index in [1.807, 2.05) is 0 Å². The number of nitrogens with one attached hydrogen (secondary N) is 1. The van der Waals surface area contributed by atoms with Crippen molar-refractivity contribution in [1.29, 1.82) is 0 Å². The molecule has 2 atom stereocenters. The number of carbonyl (C=O) groups is 1. The van der Waals surface area contributed by atoms with Crippen LogP contribution in [0.1, 0.15) is 36.0 Å². The standard InChI is InChI=1S/C29H30FN3O5/c1-35-25-13-17(14-26(36-2)28(25)37-3)24-15-23-27(38-24)18(10-11-32-23)19-12-16(8-9-20(19)30)29(34)33-22-7-5-4-6-21(22)31/h8-15,21-22H,4-7,31H2,1-3H3,(H,33,34). The van der Waals surface area contributed by atoms with Crippen molar-refractivity contribution in [3.8, 4) is 39.7 Å². The van der Waals surface area contributed by atoms with E-state index in [-0.39, 0.29) is 23.6 Å². The van der Waals surface area contributed by atoms with Crippen molar-refractivity contribution in [3.63, 3.8) is 0 Å². The van der Waals surface area contributed by atoms with E-state index in [0.29, 0.717) is 50.8 Å². The Hall–Kier alpha value is -4.11. The van der Waals surface area contributed by atoms with E-state index >= 15 is 4.39 Å². The third-order valence-corrected chi connectivity index (χ3v) is 7.02. The fourth-order valence-corrected chi connectivity index (χ4v) is 4.98. The predicted molar refractivity (Wildman–Crippen MR) is 142 cm³/mol. The number of hydrogen-bond acceptors (Lipinski definition) is 7. The number of ether oxygens (including phenoxy) is 3. The topological polar surface area (TPSA) is 109 Å². The summed E-state index contributed by atoms with van der Waals surface area (Å²) < 4.78 is 37.7. The van der Waals surface area contributed by atoms with Crippen LogP contribution in [-0.2, 0) is 0 Å². The van der Waals surface area contributed by atoms with Crippen molar-refractivity contribution in [2.24, 2.45) is 5.73 Å². The van der Waals surface area contributed by atoms with Gasteiger partial charge in [0.1, 0.15) is 17.1 Å². The van der Waals surface area contributed by atoms with Crippen LogP contribution in [0.4, 0.5) is 4.39 Å². The second-order valence-electron chi connectivity index (χ2n) is 9.32. The van der Waals surface area contributed by atoms with Crippen molar-refractivity contribution < 1.29 is 27.8 Å². The SMILES string of the molecule is COc1cc(-c2cc3nccc(-c4cc(C(=O)NC5CCCCC5N)ccc4F)c3o2)cc(OC)c1OC. The summed E-state index contributed by atoms with van der Waals surface area (Å²) in [6, 6.07) is 11.1. The van der Waals surface area contributed by atoms with Crippen LogP contribution in [0, 0.1) is 5.82 Å². The molecule has 2 aromatic carbocycles. The Morgan fingerprint density at radius 3 is 2.42 bits per heavy atom. The Bertz CT molecular complexity index is 1460. The van der Waals surface area contributed by atoms with Gasteiger partial charge in [-0.05, 0) is 49.2 Å². The van der Waals surface area contributed by atoms with E-state index in [2.05, 4.69) is 10.3 Å². The van der Waals surface area contributed by atoms with Crippen molar-refractivity contribution in [3.05, 3.63) is 60.0 Å². The van der Waals surface area contributed by atoms with E-state index in [0.717, 1.165) is 25.7 Å². The molecule has 1 aliphatic carbocycles. The number of benzene rings is 2. The van der Waals surface area contributed by atoms with Gasteiger partial charge in [-0.1, -0.05) is 12.8 Å². The van der Waals surface area contributed by atoms with Gasteiger partial charge in [-0.3, -0.25) is 9.78 Å². The summed E-state index contributed by atoms with van der Waals surface area (Å²) in [5, 5.41) is 3.02. The van der Waals surface area contributed by atoms with Crippen molar-refractivity contribution in [2.45, 2.75) is 37.8 Å². The molecule has 9 heteroatoms. The van der Waals surface area contributed by atoms with Crippen LogP contribution in [0.15, 0.2) is 53.1 Å². The van der Waals surface area contributed by atoms with E-state index in [1.54, 1.807) is 30.5 Å². The minimum atomic E-state index is -0.478. The molecule has 1 amide bonds. The van der Waals surface area contributed by atoms with Crippen LogP contribution in [0.3, 0.4) is 0 Å². The number of pyridine rings is 1. The summed E-state index contributed by atoms with van der Waals surface area (Å²) in [5.74, 6) is 1.13. The van der Waals surface area contributed by atoms with Crippen molar-refractivity contribution in [2.75, 3.05) is 21.3 Å². The highest BCUT2D eigenvalue weighted by atomic mass is 19.1. The predicted octanol–water partition coefficient (Wildman–Crippen LogP) is 5.33. The Labute approximate surface area is 219 Å². The Morgan fingerprint density at radius 1 is 1.00 bits per heavy atom. The molecule has 5 rings (SSSR count). The van der Waals surface area contributed by atoms with E-state index in [9.17, 15) is 4.79 Å². The maximum absolute atomic E-state index is 15.1. The third-order valence-electron chi connectivity index (χ3n) is 7.02. The zero-order valence-electron chi connectivity index (χ0n) is 21.5. The molecular formula is C29H30FN3O5. The van der Waals surface area contributed by atoms with Crippen LogP contribution in [-0.4, -0.2) is 44.3 Å². The first-order valence-corrected chi connectivity index (χ1v) is 12.5. The van der Waals surface area contributed by atoms with Crippen LogP contribution in [0.25, 0.3) is 33.6 Å². The molecule has 2 unspecified atom stereocenters. The number of fused-ring (bicyclic) bond motifs is 1. The summed E-state index contributed by atoms with van der Waals surface area (Å²) >= 11 is 0. The molecule has 1 saturated carbocycles. The maximum atomic E-state index is 15.1. The maximum Gasteiger partial charge on any atom is 0.251 e. The lowest BCUT2D eigenvalue weighted by Gasteiger charge is -2.29. The van der Waals surface area contributed by atoms with Crippen molar-refractivity contribution in [1.82, 2.24) is 10.3 Å². The highest BCUT2D eigenvalue weighted by molar-refractivity contribution is 5.98. The number of amides is 1. The first-order chi connectivity index (χ1) is 18.4. The van der Waals surface area contributed by atoms with Gasteiger partial charge in [-0.2, -0.15) is 0 Å². The molecule has 0 spiro atoms. The highest BCUT2D eigenvalue weighted by Crippen LogP contribution is 2.43. The summed E-state index contributed by atoms with van der Waals surface area (Å²) in [4.78, 5) is 17.4. The van der Waals surface area contributed by atoms with E-state index in [4.69, 9.17) is 24.4 Å². The van der Waals surface area contributed by atoms with Gasteiger partial charge in [0.2, 0.25) is 5.75 Å². The first-order valence-electron chi connectivity index (χ1n) is 12.5. The Morgan fingerprint density at radius 2 is 1.74 bits per heavy atom. The number of rotatable bonds is 7. The van der Waals surface area contributed by atoms with Gasteiger partial charge in [-0.25, -0.2) is 4.39 Å². The third kappa shape index (κ3) is 4.77. The zero-order valence-corrected chi connectivity index (χ0v) is 21.5.